The van der Waals surface area contributed by atoms with Crippen molar-refractivity contribution in [3.63, 3.8) is 0 Å². The predicted octanol–water partition coefficient (Wildman–Crippen LogP) is 5.43. The molecule has 0 saturated heterocycles. The zero-order valence-electron chi connectivity index (χ0n) is 24.0. The lowest BCUT2D eigenvalue weighted by Gasteiger charge is -2.37. The van der Waals surface area contributed by atoms with Crippen LogP contribution in [0.15, 0.2) is 65.0 Å². The van der Waals surface area contributed by atoms with E-state index in [0.717, 1.165) is 29.7 Å². The monoisotopic (exact) mass is 549 g/mol. The highest BCUT2D eigenvalue weighted by molar-refractivity contribution is 6.04. The molecule has 40 heavy (non-hydrogen) atoms. The number of carbonyl (C=O) groups is 2. The zero-order valence-corrected chi connectivity index (χ0v) is 24.0. The number of ketones is 1. The van der Waals surface area contributed by atoms with Gasteiger partial charge in [0.25, 0.3) is 0 Å². The lowest BCUT2D eigenvalue weighted by molar-refractivity contribution is -0.140. The molecule has 1 aliphatic carbocycles. The number of dihydropyridines is 1. The second kappa shape index (κ2) is 13.5. The van der Waals surface area contributed by atoms with Crippen molar-refractivity contribution in [1.29, 1.82) is 0 Å². The molecule has 2 aromatic rings. The van der Waals surface area contributed by atoms with Gasteiger partial charge in [-0.1, -0.05) is 37.6 Å². The zero-order chi connectivity index (χ0) is 28.6. The van der Waals surface area contributed by atoms with E-state index in [2.05, 4.69) is 12.2 Å². The minimum absolute atomic E-state index is 0.0170. The Kier molecular flexibility index (Phi) is 9.88. The Morgan fingerprint density at radius 2 is 1.73 bits per heavy atom. The van der Waals surface area contributed by atoms with Crippen LogP contribution in [0.4, 0.5) is 0 Å². The Balaban J connectivity index is 1.76. The van der Waals surface area contributed by atoms with Crippen LogP contribution in [0.1, 0.15) is 62.5 Å². The van der Waals surface area contributed by atoms with Crippen LogP contribution in [0, 0.1) is 0 Å². The molecular formula is C32H39NO7. The van der Waals surface area contributed by atoms with Crippen molar-refractivity contribution in [2.45, 2.75) is 51.4 Å². The SMILES string of the molecule is CCCCOc1ccccc1[C@H]1C(C(=O)OCCOC)=C(C)NC2=C1C(=O)C[C@@H](c1ccc(OC)c(OC)c1)C2. The Hall–Kier alpha value is -3.78. The van der Waals surface area contributed by atoms with Gasteiger partial charge in [-0.05, 0) is 49.4 Å². The molecule has 0 aromatic heterocycles. The highest BCUT2D eigenvalue weighted by Crippen LogP contribution is 2.48. The number of unbranched alkanes of at least 4 members (excludes halogenated alkanes) is 1. The van der Waals surface area contributed by atoms with Crippen molar-refractivity contribution in [3.8, 4) is 17.2 Å². The minimum Gasteiger partial charge on any atom is -0.493 e. The number of rotatable bonds is 12. The number of nitrogens with one attached hydrogen (secondary N) is 1. The second-order valence-corrected chi connectivity index (χ2v) is 10.0. The van der Waals surface area contributed by atoms with Crippen LogP contribution >= 0.6 is 0 Å². The number of hydrogen-bond acceptors (Lipinski definition) is 8. The average Bonchev–Trinajstić information content (AvgIpc) is 2.96. The van der Waals surface area contributed by atoms with Crippen molar-refractivity contribution in [1.82, 2.24) is 5.32 Å². The van der Waals surface area contributed by atoms with Crippen LogP contribution in [0.3, 0.4) is 0 Å². The maximum Gasteiger partial charge on any atom is 0.336 e. The summed E-state index contributed by atoms with van der Waals surface area (Å²) in [5.41, 5.74) is 4.26. The number of carbonyl (C=O) groups excluding carboxylic acids is 2. The molecule has 0 fully saturated rings. The Labute approximate surface area is 236 Å². The molecule has 8 heteroatoms. The number of ether oxygens (including phenoxy) is 5. The topological polar surface area (TPSA) is 92.3 Å². The summed E-state index contributed by atoms with van der Waals surface area (Å²) >= 11 is 0. The lowest BCUT2D eigenvalue weighted by atomic mass is 9.71. The van der Waals surface area contributed by atoms with Gasteiger partial charge >= 0.3 is 5.97 Å². The van der Waals surface area contributed by atoms with E-state index in [4.69, 9.17) is 23.7 Å². The van der Waals surface area contributed by atoms with E-state index in [1.54, 1.807) is 21.3 Å². The van der Waals surface area contributed by atoms with Crippen molar-refractivity contribution < 1.29 is 33.3 Å². The second-order valence-electron chi connectivity index (χ2n) is 10.0. The summed E-state index contributed by atoms with van der Waals surface area (Å²) < 4.78 is 27.7. The fourth-order valence-electron chi connectivity index (χ4n) is 5.44. The van der Waals surface area contributed by atoms with Crippen molar-refractivity contribution in [2.75, 3.05) is 41.2 Å². The fraction of sp³-hybridized carbons (Fsp3) is 0.438. The molecule has 214 valence electrons. The molecule has 1 aliphatic heterocycles. The van der Waals surface area contributed by atoms with E-state index in [1.807, 2.05) is 49.4 Å². The number of Topliss-reactive ketones (excluding diaryl/α,β-unsaturated/α-hetero) is 1. The molecule has 2 aromatic carbocycles. The largest absolute Gasteiger partial charge is 0.493 e. The Morgan fingerprint density at radius 1 is 0.950 bits per heavy atom. The number of methoxy groups -OCH3 is 3. The summed E-state index contributed by atoms with van der Waals surface area (Å²) in [7, 11) is 4.75. The standard InChI is InChI=1S/C32H39NO7/c1-6-7-14-39-26-11-9-8-10-23(26)30-29(32(35)40-16-15-36-3)20(2)33-24-17-22(18-25(34)31(24)30)21-12-13-27(37-4)28(19-21)38-5/h8-13,19,22,30,33H,6-7,14-18H2,1-5H3/t22-,30-/m0/s1. The number of benzene rings is 2. The van der Waals surface area contributed by atoms with Gasteiger partial charge in [0.15, 0.2) is 17.3 Å². The molecule has 1 heterocycles. The van der Waals surface area contributed by atoms with Gasteiger partial charge in [-0.2, -0.15) is 0 Å². The summed E-state index contributed by atoms with van der Waals surface area (Å²) in [4.78, 5) is 27.5. The van der Waals surface area contributed by atoms with Gasteiger partial charge in [-0.3, -0.25) is 4.79 Å². The van der Waals surface area contributed by atoms with Crippen LogP contribution < -0.4 is 19.5 Å². The van der Waals surface area contributed by atoms with Crippen molar-refractivity contribution in [2.24, 2.45) is 0 Å². The fourth-order valence-corrected chi connectivity index (χ4v) is 5.44. The molecule has 2 aliphatic rings. The van der Waals surface area contributed by atoms with E-state index >= 15 is 0 Å². The Bertz CT molecular complexity index is 1300. The predicted molar refractivity (Wildman–Crippen MR) is 152 cm³/mol. The highest BCUT2D eigenvalue weighted by Gasteiger charge is 2.42. The number of allylic oxidation sites excluding steroid dienone is 3. The van der Waals surface area contributed by atoms with Crippen LogP contribution in [-0.2, 0) is 19.1 Å². The summed E-state index contributed by atoms with van der Waals surface area (Å²) in [6.07, 6.45) is 2.81. The molecule has 4 rings (SSSR count). The smallest absolute Gasteiger partial charge is 0.336 e. The first-order chi connectivity index (χ1) is 19.4. The van der Waals surface area contributed by atoms with Gasteiger partial charge in [0, 0.05) is 36.1 Å². The third-order valence-corrected chi connectivity index (χ3v) is 7.43. The summed E-state index contributed by atoms with van der Waals surface area (Å²) in [5, 5.41) is 3.40. The minimum atomic E-state index is -0.608. The molecule has 2 atom stereocenters. The van der Waals surface area contributed by atoms with Crippen LogP contribution in [0.25, 0.3) is 0 Å². The first kappa shape index (κ1) is 29.2. The third-order valence-electron chi connectivity index (χ3n) is 7.43. The summed E-state index contributed by atoms with van der Waals surface area (Å²) in [5.74, 6) is 0.769. The molecule has 0 saturated carbocycles. The summed E-state index contributed by atoms with van der Waals surface area (Å²) in [6.45, 7) is 4.92. The highest BCUT2D eigenvalue weighted by atomic mass is 16.6. The maximum absolute atomic E-state index is 14.0. The number of esters is 1. The third kappa shape index (κ3) is 6.17. The number of para-hydroxylation sites is 1. The van der Waals surface area contributed by atoms with E-state index in [1.165, 1.54) is 0 Å². The van der Waals surface area contributed by atoms with E-state index in [0.29, 0.717) is 53.5 Å². The van der Waals surface area contributed by atoms with E-state index in [-0.39, 0.29) is 24.9 Å². The first-order valence-electron chi connectivity index (χ1n) is 13.8. The Morgan fingerprint density at radius 3 is 2.45 bits per heavy atom. The van der Waals surface area contributed by atoms with Gasteiger partial charge in [-0.15, -0.1) is 0 Å². The van der Waals surface area contributed by atoms with E-state index < -0.39 is 11.9 Å². The molecule has 0 radical (unpaired) electrons. The molecule has 1 N–H and O–H groups in total. The van der Waals surface area contributed by atoms with Gasteiger partial charge in [0.05, 0.1) is 38.9 Å². The molecule has 0 unspecified atom stereocenters. The molecule has 0 amide bonds. The van der Waals surface area contributed by atoms with Gasteiger partial charge in [0.2, 0.25) is 0 Å². The molecule has 0 spiro atoms. The van der Waals surface area contributed by atoms with Crippen molar-refractivity contribution >= 4 is 11.8 Å². The van der Waals surface area contributed by atoms with Crippen molar-refractivity contribution in [3.05, 3.63) is 76.1 Å². The lowest BCUT2D eigenvalue weighted by Crippen LogP contribution is -2.36. The number of hydrogen-bond donors (Lipinski definition) is 1. The normalized spacial score (nSPS) is 18.7. The summed E-state index contributed by atoms with van der Waals surface area (Å²) in [6, 6.07) is 13.4. The van der Waals surface area contributed by atoms with Gasteiger partial charge in [-0.25, -0.2) is 4.79 Å². The van der Waals surface area contributed by atoms with Crippen LogP contribution in [-0.4, -0.2) is 52.9 Å². The van der Waals surface area contributed by atoms with E-state index in [9.17, 15) is 9.59 Å². The molecule has 8 nitrogen and oxygen atoms in total. The average molecular weight is 550 g/mol. The van der Waals surface area contributed by atoms with Gasteiger partial charge < -0.3 is 29.0 Å². The first-order valence-corrected chi connectivity index (χ1v) is 13.8. The van der Waals surface area contributed by atoms with Crippen LogP contribution in [0.5, 0.6) is 17.2 Å². The molecule has 0 bridgehead atoms. The quantitative estimate of drug-likeness (QED) is 0.277. The van der Waals surface area contributed by atoms with Gasteiger partial charge in [0.1, 0.15) is 12.4 Å². The maximum atomic E-state index is 14.0. The molecular weight excluding hydrogens is 510 g/mol. The van der Waals surface area contributed by atoms with Crippen LogP contribution in [0.2, 0.25) is 0 Å².